The second-order valence-corrected chi connectivity index (χ2v) is 10.9. The first-order chi connectivity index (χ1) is 15.7. The van der Waals surface area contributed by atoms with Gasteiger partial charge in [0.2, 0.25) is 15.9 Å². The predicted octanol–water partition coefficient (Wildman–Crippen LogP) is 3.96. The topological polar surface area (TPSA) is 95.6 Å². The standard InChI is InChI=1S/C24H27N3O4S2/c1-17(2)22(26-23(28)21-10-7-15-32-21)24(29)25-19-11-13-20(14-12-19)33(30,31)27(3)16-18-8-5-4-6-9-18/h4-15,17,22H,16H2,1-3H3,(H,25,29)(H,26,28). The first-order valence-corrected chi connectivity index (χ1v) is 12.8. The highest BCUT2D eigenvalue weighted by Gasteiger charge is 2.26. The Bertz CT molecular complexity index is 1180. The normalized spacial score (nSPS) is 12.5. The summed E-state index contributed by atoms with van der Waals surface area (Å²) in [5.41, 5.74) is 1.33. The van der Waals surface area contributed by atoms with Crippen LogP contribution in [-0.4, -0.2) is 37.6 Å². The minimum Gasteiger partial charge on any atom is -0.339 e. The Hall–Kier alpha value is -3.01. The van der Waals surface area contributed by atoms with Crippen LogP contribution in [0.15, 0.2) is 77.0 Å². The molecule has 2 N–H and O–H groups in total. The zero-order valence-corrected chi connectivity index (χ0v) is 20.3. The monoisotopic (exact) mass is 485 g/mol. The van der Waals surface area contributed by atoms with Crippen molar-refractivity contribution in [3.8, 4) is 0 Å². The van der Waals surface area contributed by atoms with Crippen molar-refractivity contribution >= 4 is 38.9 Å². The van der Waals surface area contributed by atoms with E-state index >= 15 is 0 Å². The highest BCUT2D eigenvalue weighted by molar-refractivity contribution is 7.89. The van der Waals surface area contributed by atoms with E-state index in [1.807, 2.05) is 44.2 Å². The average molecular weight is 486 g/mol. The van der Waals surface area contributed by atoms with Gasteiger partial charge in [0, 0.05) is 19.3 Å². The van der Waals surface area contributed by atoms with Crippen molar-refractivity contribution in [2.75, 3.05) is 12.4 Å². The van der Waals surface area contributed by atoms with Gasteiger partial charge in [-0.25, -0.2) is 8.42 Å². The Morgan fingerprint density at radius 1 is 0.970 bits per heavy atom. The molecule has 174 valence electrons. The number of sulfonamides is 1. The van der Waals surface area contributed by atoms with E-state index in [2.05, 4.69) is 10.6 Å². The van der Waals surface area contributed by atoms with Gasteiger partial charge in [-0.15, -0.1) is 11.3 Å². The first-order valence-electron chi connectivity index (χ1n) is 10.4. The van der Waals surface area contributed by atoms with Crippen molar-refractivity contribution in [1.29, 1.82) is 0 Å². The summed E-state index contributed by atoms with van der Waals surface area (Å²) in [6.45, 7) is 3.94. The van der Waals surface area contributed by atoms with Crippen molar-refractivity contribution < 1.29 is 18.0 Å². The number of carbonyl (C=O) groups excluding carboxylic acids is 2. The molecule has 1 unspecified atom stereocenters. The number of amides is 2. The molecule has 0 aliphatic rings. The van der Waals surface area contributed by atoms with Crippen LogP contribution in [0.5, 0.6) is 0 Å². The maximum Gasteiger partial charge on any atom is 0.262 e. The molecule has 2 aromatic carbocycles. The maximum absolute atomic E-state index is 12.9. The Morgan fingerprint density at radius 2 is 1.64 bits per heavy atom. The molecule has 3 aromatic rings. The summed E-state index contributed by atoms with van der Waals surface area (Å²) in [5, 5.41) is 7.33. The van der Waals surface area contributed by atoms with Crippen LogP contribution >= 0.6 is 11.3 Å². The molecule has 1 heterocycles. The van der Waals surface area contributed by atoms with Crippen molar-refractivity contribution in [3.05, 3.63) is 82.6 Å². The maximum atomic E-state index is 12.9. The number of rotatable bonds is 9. The van der Waals surface area contributed by atoms with E-state index in [1.54, 1.807) is 29.6 Å². The summed E-state index contributed by atoms with van der Waals surface area (Å²) in [4.78, 5) is 25.8. The Morgan fingerprint density at radius 3 is 2.21 bits per heavy atom. The lowest BCUT2D eigenvalue weighted by Crippen LogP contribution is -2.46. The number of hydrogen-bond donors (Lipinski definition) is 2. The molecule has 0 bridgehead atoms. The Kier molecular flexibility index (Phi) is 8.01. The van der Waals surface area contributed by atoms with Gasteiger partial charge in [-0.3, -0.25) is 9.59 Å². The predicted molar refractivity (Wildman–Crippen MR) is 131 cm³/mol. The van der Waals surface area contributed by atoms with Gasteiger partial charge in [-0.2, -0.15) is 4.31 Å². The average Bonchev–Trinajstić information content (AvgIpc) is 3.33. The SMILES string of the molecule is CC(C)C(NC(=O)c1cccs1)C(=O)Nc1ccc(S(=O)(=O)N(C)Cc2ccccc2)cc1. The van der Waals surface area contributed by atoms with Gasteiger partial charge in [0.1, 0.15) is 6.04 Å². The summed E-state index contributed by atoms with van der Waals surface area (Å²) < 4.78 is 27.1. The van der Waals surface area contributed by atoms with E-state index in [1.165, 1.54) is 34.8 Å². The summed E-state index contributed by atoms with van der Waals surface area (Å²) in [5.74, 6) is -0.811. The number of hydrogen-bond acceptors (Lipinski definition) is 5. The Labute approximate surface area is 198 Å². The molecular weight excluding hydrogens is 458 g/mol. The number of nitrogens with one attached hydrogen (secondary N) is 2. The lowest BCUT2D eigenvalue weighted by Gasteiger charge is -2.21. The lowest BCUT2D eigenvalue weighted by atomic mass is 10.0. The van der Waals surface area contributed by atoms with Gasteiger partial charge in [-0.1, -0.05) is 50.2 Å². The van der Waals surface area contributed by atoms with Crippen LogP contribution in [-0.2, 0) is 21.4 Å². The second-order valence-electron chi connectivity index (χ2n) is 7.93. The van der Waals surface area contributed by atoms with E-state index in [9.17, 15) is 18.0 Å². The molecule has 1 atom stereocenters. The third-order valence-corrected chi connectivity index (χ3v) is 7.75. The van der Waals surface area contributed by atoms with Gasteiger partial charge < -0.3 is 10.6 Å². The molecule has 0 spiro atoms. The highest BCUT2D eigenvalue weighted by atomic mass is 32.2. The fourth-order valence-electron chi connectivity index (χ4n) is 3.19. The zero-order chi connectivity index (χ0) is 24.0. The first kappa shape index (κ1) is 24.6. The molecular formula is C24H27N3O4S2. The molecule has 0 radical (unpaired) electrons. The molecule has 0 fully saturated rings. The second kappa shape index (κ2) is 10.7. The fourth-order valence-corrected chi connectivity index (χ4v) is 4.98. The molecule has 0 saturated carbocycles. The fraction of sp³-hybridized carbons (Fsp3) is 0.250. The minimum atomic E-state index is -3.69. The summed E-state index contributed by atoms with van der Waals surface area (Å²) in [7, 11) is -2.16. The van der Waals surface area contributed by atoms with Crippen LogP contribution in [0.4, 0.5) is 5.69 Å². The van der Waals surface area contributed by atoms with Crippen LogP contribution in [0.1, 0.15) is 29.1 Å². The van der Waals surface area contributed by atoms with Crippen LogP contribution < -0.4 is 10.6 Å². The van der Waals surface area contributed by atoms with Gasteiger partial charge in [-0.05, 0) is 47.2 Å². The van der Waals surface area contributed by atoms with E-state index in [0.29, 0.717) is 10.6 Å². The highest BCUT2D eigenvalue weighted by Crippen LogP contribution is 2.20. The Balaban J connectivity index is 1.67. The molecule has 1 aromatic heterocycles. The van der Waals surface area contributed by atoms with Gasteiger partial charge >= 0.3 is 0 Å². The summed E-state index contributed by atoms with van der Waals surface area (Å²) >= 11 is 1.30. The van der Waals surface area contributed by atoms with E-state index < -0.39 is 16.1 Å². The van der Waals surface area contributed by atoms with Crippen molar-refractivity contribution in [1.82, 2.24) is 9.62 Å². The van der Waals surface area contributed by atoms with Gasteiger partial charge in [0.25, 0.3) is 5.91 Å². The third kappa shape index (κ3) is 6.28. The zero-order valence-electron chi connectivity index (χ0n) is 18.7. The molecule has 3 rings (SSSR count). The summed E-state index contributed by atoms with van der Waals surface area (Å²) in [6.07, 6.45) is 0. The van der Waals surface area contributed by atoms with Crippen molar-refractivity contribution in [3.63, 3.8) is 0 Å². The molecule has 0 saturated heterocycles. The molecule has 9 heteroatoms. The minimum absolute atomic E-state index is 0.130. The van der Waals surface area contributed by atoms with Crippen LogP contribution in [0, 0.1) is 5.92 Å². The lowest BCUT2D eigenvalue weighted by molar-refractivity contribution is -0.118. The molecule has 2 amide bonds. The van der Waals surface area contributed by atoms with E-state index in [-0.39, 0.29) is 29.2 Å². The van der Waals surface area contributed by atoms with Crippen molar-refractivity contribution in [2.45, 2.75) is 31.3 Å². The van der Waals surface area contributed by atoms with Crippen LogP contribution in [0.3, 0.4) is 0 Å². The number of carbonyl (C=O) groups is 2. The van der Waals surface area contributed by atoms with E-state index in [0.717, 1.165) is 5.56 Å². The van der Waals surface area contributed by atoms with Gasteiger partial charge in [0.05, 0.1) is 9.77 Å². The van der Waals surface area contributed by atoms with Crippen LogP contribution in [0.25, 0.3) is 0 Å². The smallest absolute Gasteiger partial charge is 0.262 e. The van der Waals surface area contributed by atoms with E-state index in [4.69, 9.17) is 0 Å². The molecule has 0 aliphatic heterocycles. The number of benzene rings is 2. The quantitative estimate of drug-likeness (QED) is 0.480. The van der Waals surface area contributed by atoms with Crippen molar-refractivity contribution in [2.24, 2.45) is 5.92 Å². The third-order valence-electron chi connectivity index (χ3n) is 5.06. The molecule has 33 heavy (non-hydrogen) atoms. The molecule has 0 aliphatic carbocycles. The largest absolute Gasteiger partial charge is 0.339 e. The number of thiophene rings is 1. The number of anilines is 1. The molecule has 7 nitrogen and oxygen atoms in total. The van der Waals surface area contributed by atoms with Crippen LogP contribution in [0.2, 0.25) is 0 Å². The van der Waals surface area contributed by atoms with Gasteiger partial charge in [0.15, 0.2) is 0 Å². The summed E-state index contributed by atoms with van der Waals surface area (Å²) in [6, 6.07) is 18.1. The number of nitrogens with zero attached hydrogens (tertiary/aromatic N) is 1.